The van der Waals surface area contributed by atoms with Gasteiger partial charge in [-0.15, -0.1) is 0 Å². The molecule has 1 aromatic heterocycles. The third kappa shape index (κ3) is 2.40. The lowest BCUT2D eigenvalue weighted by Crippen LogP contribution is -2.44. The summed E-state index contributed by atoms with van der Waals surface area (Å²) in [6.07, 6.45) is 4.38. The molecule has 1 unspecified atom stereocenters. The van der Waals surface area contributed by atoms with Gasteiger partial charge in [-0.2, -0.15) is 11.3 Å². The molecule has 0 aromatic carbocycles. The molecule has 110 valence electrons. The van der Waals surface area contributed by atoms with Gasteiger partial charge in [-0.3, -0.25) is 10.1 Å². The number of rotatable bonds is 2. The Morgan fingerprint density at radius 2 is 2.10 bits per heavy atom. The molecule has 2 aliphatic rings. The van der Waals surface area contributed by atoms with Gasteiger partial charge in [0.1, 0.15) is 6.17 Å². The maximum Gasteiger partial charge on any atom is 0.244 e. The zero-order valence-electron chi connectivity index (χ0n) is 12.6. The number of thiophene rings is 1. The smallest absolute Gasteiger partial charge is 0.244 e. The Bertz CT molecular complexity index is 483. The highest BCUT2D eigenvalue weighted by Gasteiger charge is 2.53. The number of nitrogens with zero attached hydrogens (tertiary/aromatic N) is 1. The predicted octanol–water partition coefficient (Wildman–Crippen LogP) is 3.54. The normalized spacial score (nSPS) is 25.9. The predicted molar refractivity (Wildman–Crippen MR) is 82.6 cm³/mol. The summed E-state index contributed by atoms with van der Waals surface area (Å²) in [6.45, 7) is 7.40. The molecule has 1 spiro atoms. The fourth-order valence-electron chi connectivity index (χ4n) is 3.50. The van der Waals surface area contributed by atoms with Gasteiger partial charge in [0.2, 0.25) is 5.91 Å². The summed E-state index contributed by atoms with van der Waals surface area (Å²) >= 11 is 1.70. The van der Waals surface area contributed by atoms with E-state index in [1.807, 2.05) is 0 Å². The molecule has 1 N–H and O–H groups in total. The van der Waals surface area contributed by atoms with Crippen LogP contribution in [0.4, 0.5) is 0 Å². The van der Waals surface area contributed by atoms with E-state index >= 15 is 0 Å². The van der Waals surface area contributed by atoms with Gasteiger partial charge < -0.3 is 4.90 Å². The lowest BCUT2D eigenvalue weighted by atomic mass is 9.94. The number of carbonyl (C=O) groups is 1. The molecule has 20 heavy (non-hydrogen) atoms. The van der Waals surface area contributed by atoms with E-state index in [9.17, 15) is 4.79 Å². The zero-order valence-corrected chi connectivity index (χ0v) is 13.4. The van der Waals surface area contributed by atoms with E-state index < -0.39 is 0 Å². The summed E-state index contributed by atoms with van der Waals surface area (Å²) in [4.78, 5) is 15.1. The van der Waals surface area contributed by atoms with Gasteiger partial charge >= 0.3 is 0 Å². The second-order valence-corrected chi connectivity index (χ2v) is 8.17. The first-order valence-corrected chi connectivity index (χ1v) is 8.47. The summed E-state index contributed by atoms with van der Waals surface area (Å²) in [5, 5.41) is 7.93. The molecule has 2 fully saturated rings. The molecule has 3 rings (SSSR count). The summed E-state index contributed by atoms with van der Waals surface area (Å²) in [5.41, 5.74) is 1.07. The molecule has 1 aliphatic carbocycles. The SMILES string of the molecule is CC(C)(C)CN1C(=O)C2(CCCC2)NC1c1ccsc1. The Kier molecular flexibility index (Phi) is 3.41. The molecule has 1 saturated carbocycles. The van der Waals surface area contributed by atoms with E-state index in [1.54, 1.807) is 11.3 Å². The quantitative estimate of drug-likeness (QED) is 0.904. The zero-order chi connectivity index (χ0) is 14.4. The van der Waals surface area contributed by atoms with Crippen LogP contribution < -0.4 is 5.32 Å². The number of hydrogen-bond acceptors (Lipinski definition) is 3. The van der Waals surface area contributed by atoms with E-state index in [0.717, 1.165) is 19.4 Å². The van der Waals surface area contributed by atoms with Gasteiger partial charge in [0, 0.05) is 6.54 Å². The second-order valence-electron chi connectivity index (χ2n) is 7.39. The van der Waals surface area contributed by atoms with Crippen molar-refractivity contribution >= 4 is 17.2 Å². The third-order valence-electron chi connectivity index (χ3n) is 4.36. The number of hydrogen-bond donors (Lipinski definition) is 1. The summed E-state index contributed by atoms with van der Waals surface area (Å²) in [5.74, 6) is 0.320. The van der Waals surface area contributed by atoms with E-state index in [0.29, 0.717) is 5.91 Å². The van der Waals surface area contributed by atoms with Crippen LogP contribution >= 0.6 is 11.3 Å². The first kappa shape index (κ1) is 14.1. The van der Waals surface area contributed by atoms with E-state index in [2.05, 4.69) is 47.8 Å². The molecular weight excluding hydrogens is 268 g/mol. The summed E-state index contributed by atoms with van der Waals surface area (Å²) < 4.78 is 0. The van der Waals surface area contributed by atoms with Crippen LogP contribution in [0.5, 0.6) is 0 Å². The lowest BCUT2D eigenvalue weighted by molar-refractivity contribution is -0.134. The van der Waals surface area contributed by atoms with Crippen LogP contribution in [-0.2, 0) is 4.79 Å². The highest BCUT2D eigenvalue weighted by Crippen LogP contribution is 2.42. The van der Waals surface area contributed by atoms with Gasteiger partial charge in [-0.25, -0.2) is 0 Å². The van der Waals surface area contributed by atoms with Crippen LogP contribution in [0.1, 0.15) is 58.2 Å². The Hall–Kier alpha value is -0.870. The maximum absolute atomic E-state index is 13.0. The third-order valence-corrected chi connectivity index (χ3v) is 5.06. The number of nitrogens with one attached hydrogen (secondary N) is 1. The van der Waals surface area contributed by atoms with Crippen molar-refractivity contribution in [2.45, 2.75) is 58.2 Å². The van der Waals surface area contributed by atoms with Crippen molar-refractivity contribution in [3.05, 3.63) is 22.4 Å². The number of amides is 1. The van der Waals surface area contributed by atoms with Crippen molar-refractivity contribution in [1.82, 2.24) is 10.2 Å². The van der Waals surface area contributed by atoms with Crippen molar-refractivity contribution in [2.24, 2.45) is 5.41 Å². The van der Waals surface area contributed by atoms with Crippen LogP contribution in [0.3, 0.4) is 0 Å². The molecule has 1 amide bonds. The molecule has 4 heteroatoms. The minimum atomic E-state index is -0.280. The Morgan fingerprint density at radius 3 is 2.65 bits per heavy atom. The van der Waals surface area contributed by atoms with Crippen LogP contribution in [0.2, 0.25) is 0 Å². The molecule has 1 saturated heterocycles. The lowest BCUT2D eigenvalue weighted by Gasteiger charge is -2.30. The fraction of sp³-hybridized carbons (Fsp3) is 0.688. The van der Waals surface area contributed by atoms with E-state index in [4.69, 9.17) is 0 Å². The molecule has 1 atom stereocenters. The van der Waals surface area contributed by atoms with Gasteiger partial charge in [0.05, 0.1) is 5.54 Å². The highest BCUT2D eigenvalue weighted by atomic mass is 32.1. The Morgan fingerprint density at radius 1 is 1.40 bits per heavy atom. The summed E-state index contributed by atoms with van der Waals surface area (Å²) in [6, 6.07) is 2.14. The van der Waals surface area contributed by atoms with Crippen LogP contribution in [0, 0.1) is 5.41 Å². The van der Waals surface area contributed by atoms with Crippen molar-refractivity contribution < 1.29 is 4.79 Å². The molecule has 1 aromatic rings. The average molecular weight is 292 g/mol. The summed E-state index contributed by atoms with van der Waals surface area (Å²) in [7, 11) is 0. The standard InChI is InChI=1S/C16H24N2OS/c1-15(2,3)11-18-13(12-6-9-20-10-12)17-16(14(18)19)7-4-5-8-16/h6,9-10,13,17H,4-5,7-8,11H2,1-3H3. The first-order valence-electron chi connectivity index (χ1n) is 7.52. The van der Waals surface area contributed by atoms with Crippen molar-refractivity contribution in [3.8, 4) is 0 Å². The number of carbonyl (C=O) groups excluding carboxylic acids is 1. The van der Waals surface area contributed by atoms with Crippen LogP contribution in [0.25, 0.3) is 0 Å². The minimum Gasteiger partial charge on any atom is -0.321 e. The first-order chi connectivity index (χ1) is 9.41. The van der Waals surface area contributed by atoms with Crippen LogP contribution in [-0.4, -0.2) is 22.9 Å². The molecule has 2 heterocycles. The Balaban J connectivity index is 1.92. The van der Waals surface area contributed by atoms with Crippen molar-refractivity contribution in [2.75, 3.05) is 6.54 Å². The van der Waals surface area contributed by atoms with Gasteiger partial charge in [-0.05, 0) is 40.6 Å². The molecule has 1 aliphatic heterocycles. The molecule has 0 radical (unpaired) electrons. The van der Waals surface area contributed by atoms with Gasteiger partial charge in [-0.1, -0.05) is 33.6 Å². The molecule has 0 bridgehead atoms. The second kappa shape index (κ2) is 4.85. The molecular formula is C16H24N2OS. The maximum atomic E-state index is 13.0. The van der Waals surface area contributed by atoms with E-state index in [1.165, 1.54) is 18.4 Å². The highest BCUT2D eigenvalue weighted by molar-refractivity contribution is 7.07. The van der Waals surface area contributed by atoms with Crippen molar-refractivity contribution in [1.29, 1.82) is 0 Å². The van der Waals surface area contributed by atoms with Crippen molar-refractivity contribution in [3.63, 3.8) is 0 Å². The Labute approximate surface area is 125 Å². The van der Waals surface area contributed by atoms with Crippen LogP contribution in [0.15, 0.2) is 16.8 Å². The fourth-order valence-corrected chi connectivity index (χ4v) is 4.18. The van der Waals surface area contributed by atoms with E-state index in [-0.39, 0.29) is 17.1 Å². The van der Waals surface area contributed by atoms with Gasteiger partial charge in [0.15, 0.2) is 0 Å². The monoisotopic (exact) mass is 292 g/mol. The van der Waals surface area contributed by atoms with Gasteiger partial charge in [0.25, 0.3) is 0 Å². The average Bonchev–Trinajstić information content (AvgIpc) is 3.06. The largest absolute Gasteiger partial charge is 0.321 e. The minimum absolute atomic E-state index is 0.0612. The molecule has 3 nitrogen and oxygen atoms in total. The topological polar surface area (TPSA) is 32.3 Å².